The van der Waals surface area contributed by atoms with Crippen LogP contribution >= 0.6 is 11.3 Å². The van der Waals surface area contributed by atoms with Gasteiger partial charge in [-0.05, 0) is 23.6 Å². The molecule has 5 heteroatoms. The molecule has 1 aromatic carbocycles. The fraction of sp³-hybridized carbons (Fsp3) is 0.231. The van der Waals surface area contributed by atoms with Gasteiger partial charge in [0.1, 0.15) is 0 Å². The lowest BCUT2D eigenvalue weighted by Gasteiger charge is -2.11. The molecule has 0 atom stereocenters. The van der Waals surface area contributed by atoms with Gasteiger partial charge in [0.15, 0.2) is 11.5 Å². The fourth-order valence-corrected chi connectivity index (χ4v) is 2.36. The lowest BCUT2D eigenvalue weighted by Crippen LogP contribution is -2.00. The van der Waals surface area contributed by atoms with Crippen LogP contribution in [0.15, 0.2) is 29.6 Å². The normalized spacial score (nSPS) is 10.1. The molecule has 1 heterocycles. The van der Waals surface area contributed by atoms with Crippen LogP contribution in [0.3, 0.4) is 0 Å². The highest BCUT2D eigenvalue weighted by Gasteiger charge is 2.05. The topological polar surface area (TPSA) is 56.5 Å². The van der Waals surface area contributed by atoms with Gasteiger partial charge in [-0.15, -0.1) is 11.3 Å². The number of nitrogens with one attached hydrogen (secondary N) is 1. The summed E-state index contributed by atoms with van der Waals surface area (Å²) in [6.45, 7) is 0.707. The molecule has 0 unspecified atom stereocenters. The summed E-state index contributed by atoms with van der Waals surface area (Å²) in [5, 5.41) is 5.30. The largest absolute Gasteiger partial charge is 0.493 e. The molecule has 0 bridgehead atoms. The van der Waals surface area contributed by atoms with Crippen molar-refractivity contribution in [3.05, 3.63) is 34.5 Å². The van der Waals surface area contributed by atoms with Crippen molar-refractivity contribution in [2.75, 3.05) is 25.3 Å². The number of nitrogen functional groups attached to an aromatic ring is 1. The van der Waals surface area contributed by atoms with Crippen LogP contribution in [0, 0.1) is 0 Å². The van der Waals surface area contributed by atoms with Gasteiger partial charge < -0.3 is 20.5 Å². The van der Waals surface area contributed by atoms with E-state index < -0.39 is 0 Å². The van der Waals surface area contributed by atoms with E-state index in [1.165, 1.54) is 0 Å². The van der Waals surface area contributed by atoms with Crippen molar-refractivity contribution in [3.8, 4) is 11.5 Å². The third-order valence-electron chi connectivity index (χ3n) is 2.62. The van der Waals surface area contributed by atoms with Crippen molar-refractivity contribution >= 4 is 22.7 Å². The molecule has 2 rings (SSSR count). The Hall–Kier alpha value is -1.88. The fourth-order valence-electron chi connectivity index (χ4n) is 1.62. The average molecular weight is 264 g/mol. The van der Waals surface area contributed by atoms with E-state index in [9.17, 15) is 0 Å². The van der Waals surface area contributed by atoms with Gasteiger partial charge in [0.05, 0.1) is 20.8 Å². The van der Waals surface area contributed by atoms with Gasteiger partial charge >= 0.3 is 0 Å². The first-order valence-corrected chi connectivity index (χ1v) is 6.40. The highest BCUT2D eigenvalue weighted by atomic mass is 32.1. The third kappa shape index (κ3) is 2.68. The summed E-state index contributed by atoms with van der Waals surface area (Å²) >= 11 is 1.64. The molecule has 0 aliphatic carbocycles. The zero-order valence-electron chi connectivity index (χ0n) is 10.4. The van der Waals surface area contributed by atoms with Crippen LogP contribution in [0.2, 0.25) is 0 Å². The first kappa shape index (κ1) is 12.6. The SMILES string of the molecule is COc1ccc(NCc2sccc2N)cc1OC. The summed E-state index contributed by atoms with van der Waals surface area (Å²) in [7, 11) is 3.25. The molecule has 0 saturated heterocycles. The molecule has 0 spiro atoms. The molecule has 0 fully saturated rings. The molecule has 1 aromatic heterocycles. The quantitative estimate of drug-likeness (QED) is 0.871. The van der Waals surface area contributed by atoms with Crippen molar-refractivity contribution in [2.45, 2.75) is 6.54 Å². The summed E-state index contributed by atoms with van der Waals surface area (Å²) in [6.07, 6.45) is 0. The second kappa shape index (κ2) is 5.64. The Morgan fingerprint density at radius 3 is 2.56 bits per heavy atom. The molecular weight excluding hydrogens is 248 g/mol. The van der Waals surface area contributed by atoms with Gasteiger partial charge in [0.2, 0.25) is 0 Å². The number of nitrogens with two attached hydrogens (primary N) is 1. The average Bonchev–Trinajstić information content (AvgIpc) is 2.81. The summed E-state index contributed by atoms with van der Waals surface area (Å²) in [6, 6.07) is 7.64. The van der Waals surface area contributed by atoms with Crippen LogP contribution in [-0.2, 0) is 6.54 Å². The van der Waals surface area contributed by atoms with Crippen LogP contribution in [0.5, 0.6) is 11.5 Å². The Kier molecular flexibility index (Phi) is 3.94. The maximum atomic E-state index is 5.83. The highest BCUT2D eigenvalue weighted by Crippen LogP contribution is 2.30. The van der Waals surface area contributed by atoms with E-state index in [0.29, 0.717) is 12.3 Å². The van der Waals surface area contributed by atoms with E-state index in [-0.39, 0.29) is 0 Å². The number of rotatable bonds is 5. The number of hydrogen-bond acceptors (Lipinski definition) is 5. The molecule has 2 aromatic rings. The van der Waals surface area contributed by atoms with E-state index in [0.717, 1.165) is 22.0 Å². The standard InChI is InChI=1S/C13H16N2O2S/c1-16-11-4-3-9(7-12(11)17-2)15-8-13-10(14)5-6-18-13/h3-7,15H,8,14H2,1-2H3. The minimum Gasteiger partial charge on any atom is -0.493 e. The maximum absolute atomic E-state index is 5.83. The molecule has 0 saturated carbocycles. The zero-order chi connectivity index (χ0) is 13.0. The third-order valence-corrected chi connectivity index (χ3v) is 3.55. The van der Waals surface area contributed by atoms with Crippen molar-refractivity contribution in [3.63, 3.8) is 0 Å². The van der Waals surface area contributed by atoms with Crippen LogP contribution in [0.1, 0.15) is 4.88 Å². The monoisotopic (exact) mass is 264 g/mol. The lowest BCUT2D eigenvalue weighted by atomic mass is 10.2. The van der Waals surface area contributed by atoms with Gasteiger partial charge in [-0.1, -0.05) is 0 Å². The van der Waals surface area contributed by atoms with E-state index in [2.05, 4.69) is 5.32 Å². The van der Waals surface area contributed by atoms with Crippen LogP contribution in [0.4, 0.5) is 11.4 Å². The van der Waals surface area contributed by atoms with Crippen LogP contribution in [0.25, 0.3) is 0 Å². The molecule has 96 valence electrons. The summed E-state index contributed by atoms with van der Waals surface area (Å²) in [4.78, 5) is 1.13. The van der Waals surface area contributed by atoms with Crippen molar-refractivity contribution in [1.82, 2.24) is 0 Å². The van der Waals surface area contributed by atoms with Gasteiger partial charge in [0.25, 0.3) is 0 Å². The molecule has 3 N–H and O–H groups in total. The molecule has 0 amide bonds. The minimum absolute atomic E-state index is 0.707. The van der Waals surface area contributed by atoms with E-state index in [1.807, 2.05) is 29.6 Å². The first-order chi connectivity index (χ1) is 8.74. The lowest BCUT2D eigenvalue weighted by molar-refractivity contribution is 0.355. The molecule has 0 aliphatic heterocycles. The predicted molar refractivity (Wildman–Crippen MR) is 75.6 cm³/mol. The smallest absolute Gasteiger partial charge is 0.162 e. The summed E-state index contributed by atoms with van der Waals surface area (Å²) < 4.78 is 10.4. The first-order valence-electron chi connectivity index (χ1n) is 5.52. The molecular formula is C13H16N2O2S. The van der Waals surface area contributed by atoms with Crippen molar-refractivity contribution in [2.24, 2.45) is 0 Å². The Labute approximate surface area is 110 Å². The van der Waals surface area contributed by atoms with Crippen LogP contribution in [-0.4, -0.2) is 14.2 Å². The molecule has 0 aliphatic rings. The Morgan fingerprint density at radius 2 is 1.94 bits per heavy atom. The zero-order valence-corrected chi connectivity index (χ0v) is 11.2. The number of thiophene rings is 1. The Bertz CT molecular complexity index is 525. The Balaban J connectivity index is 2.08. The second-order valence-corrected chi connectivity index (χ2v) is 4.72. The number of benzene rings is 1. The highest BCUT2D eigenvalue weighted by molar-refractivity contribution is 7.10. The minimum atomic E-state index is 0.707. The number of ether oxygens (including phenoxy) is 2. The predicted octanol–water partition coefficient (Wildman–Crippen LogP) is 2.96. The summed E-state index contributed by atoms with van der Waals surface area (Å²) in [5.74, 6) is 1.43. The van der Waals surface area contributed by atoms with E-state index in [4.69, 9.17) is 15.2 Å². The van der Waals surface area contributed by atoms with Gasteiger partial charge in [-0.25, -0.2) is 0 Å². The van der Waals surface area contributed by atoms with Gasteiger partial charge in [-0.2, -0.15) is 0 Å². The van der Waals surface area contributed by atoms with E-state index in [1.54, 1.807) is 25.6 Å². The number of methoxy groups -OCH3 is 2. The summed E-state index contributed by atoms with van der Waals surface area (Å²) in [5.41, 5.74) is 7.63. The second-order valence-electron chi connectivity index (χ2n) is 3.72. The molecule has 18 heavy (non-hydrogen) atoms. The maximum Gasteiger partial charge on any atom is 0.162 e. The van der Waals surface area contributed by atoms with E-state index >= 15 is 0 Å². The Morgan fingerprint density at radius 1 is 1.17 bits per heavy atom. The number of anilines is 2. The van der Waals surface area contributed by atoms with Gasteiger partial charge in [0, 0.05) is 22.3 Å². The van der Waals surface area contributed by atoms with Gasteiger partial charge in [-0.3, -0.25) is 0 Å². The van der Waals surface area contributed by atoms with Crippen LogP contribution < -0.4 is 20.5 Å². The molecule has 4 nitrogen and oxygen atoms in total. The molecule has 0 radical (unpaired) electrons. The number of hydrogen-bond donors (Lipinski definition) is 2. The van der Waals surface area contributed by atoms with Crippen molar-refractivity contribution < 1.29 is 9.47 Å². The van der Waals surface area contributed by atoms with Crippen molar-refractivity contribution in [1.29, 1.82) is 0 Å².